The van der Waals surface area contributed by atoms with Gasteiger partial charge in [-0.25, -0.2) is 4.39 Å². The van der Waals surface area contributed by atoms with E-state index in [0.717, 1.165) is 0 Å². The van der Waals surface area contributed by atoms with E-state index < -0.39 is 17.9 Å². The molecule has 0 heterocycles. The Labute approximate surface area is 156 Å². The molecule has 0 unspecified atom stereocenters. The minimum absolute atomic E-state index is 0.0818. The first-order chi connectivity index (χ1) is 12.8. The summed E-state index contributed by atoms with van der Waals surface area (Å²) in [5, 5.41) is 2.60. The number of benzene rings is 2. The number of hydrogen-bond acceptors (Lipinski definition) is 5. The Morgan fingerprint density at radius 2 is 1.78 bits per heavy atom. The lowest BCUT2D eigenvalue weighted by Crippen LogP contribution is -2.25. The summed E-state index contributed by atoms with van der Waals surface area (Å²) in [5.41, 5.74) is 1.32. The predicted octanol–water partition coefficient (Wildman–Crippen LogP) is 3.15. The summed E-state index contributed by atoms with van der Waals surface area (Å²) in [4.78, 5) is 35.4. The van der Waals surface area contributed by atoms with E-state index in [0.29, 0.717) is 16.8 Å². The van der Waals surface area contributed by atoms with Crippen molar-refractivity contribution >= 4 is 23.3 Å². The number of methoxy groups -OCH3 is 1. The van der Waals surface area contributed by atoms with E-state index in [1.165, 1.54) is 45.2 Å². The Hall–Kier alpha value is -3.22. The Bertz CT molecular complexity index is 848. The third-order valence-electron chi connectivity index (χ3n) is 3.73. The van der Waals surface area contributed by atoms with Gasteiger partial charge >= 0.3 is 5.97 Å². The molecular weight excluding hydrogens is 353 g/mol. The highest BCUT2D eigenvalue weighted by Crippen LogP contribution is 2.18. The Morgan fingerprint density at radius 1 is 1.11 bits per heavy atom. The first-order valence-corrected chi connectivity index (χ1v) is 8.24. The predicted molar refractivity (Wildman–Crippen MR) is 97.3 cm³/mol. The van der Waals surface area contributed by atoms with Crippen LogP contribution in [-0.2, 0) is 20.7 Å². The number of Topliss-reactive ketones (excluding diaryl/α,β-unsaturated/α-hetero) is 1. The maximum absolute atomic E-state index is 13.7. The maximum Gasteiger partial charge on any atom is 0.310 e. The molecular formula is C20H20FNO5. The van der Waals surface area contributed by atoms with Gasteiger partial charge in [-0.15, -0.1) is 0 Å². The van der Waals surface area contributed by atoms with Crippen LogP contribution in [0.15, 0.2) is 42.5 Å². The highest BCUT2D eigenvalue weighted by atomic mass is 19.1. The highest BCUT2D eigenvalue weighted by molar-refractivity contribution is 6.00. The number of hydrogen-bond donors (Lipinski definition) is 1. The number of carbonyl (C=O) groups excluding carboxylic acids is 3. The Kier molecular flexibility index (Phi) is 6.65. The van der Waals surface area contributed by atoms with Crippen molar-refractivity contribution in [1.82, 2.24) is 0 Å². The van der Waals surface area contributed by atoms with Crippen LogP contribution >= 0.6 is 0 Å². The molecule has 2 aromatic rings. The van der Waals surface area contributed by atoms with Crippen molar-refractivity contribution in [3.63, 3.8) is 0 Å². The van der Waals surface area contributed by atoms with E-state index >= 15 is 0 Å². The number of esters is 1. The smallest absolute Gasteiger partial charge is 0.310 e. The average molecular weight is 373 g/mol. The van der Waals surface area contributed by atoms with Crippen molar-refractivity contribution in [1.29, 1.82) is 0 Å². The monoisotopic (exact) mass is 373 g/mol. The molecule has 0 aliphatic rings. The van der Waals surface area contributed by atoms with Gasteiger partial charge in [0.05, 0.1) is 13.5 Å². The topological polar surface area (TPSA) is 81.7 Å². The second kappa shape index (κ2) is 8.93. The lowest BCUT2D eigenvalue weighted by Gasteiger charge is -2.13. The zero-order chi connectivity index (χ0) is 20.0. The largest absolute Gasteiger partial charge is 0.494 e. The zero-order valence-corrected chi connectivity index (χ0v) is 15.2. The van der Waals surface area contributed by atoms with E-state index in [-0.39, 0.29) is 23.9 Å². The summed E-state index contributed by atoms with van der Waals surface area (Å²) in [6.45, 7) is 2.85. The van der Waals surface area contributed by atoms with E-state index in [4.69, 9.17) is 9.47 Å². The highest BCUT2D eigenvalue weighted by Gasteiger charge is 2.20. The molecule has 2 rings (SSSR count). The zero-order valence-electron chi connectivity index (χ0n) is 15.2. The van der Waals surface area contributed by atoms with Gasteiger partial charge in [0, 0.05) is 18.2 Å². The number of ketones is 1. The minimum atomic E-state index is -0.993. The van der Waals surface area contributed by atoms with Crippen LogP contribution in [0.1, 0.15) is 29.8 Å². The standard InChI is InChI=1S/C20H20FNO5/c1-12(20(25)15-5-7-16(8-6-15)22-13(2)23)27-19(24)11-14-4-9-18(26-3)17(21)10-14/h4-10,12H,11H2,1-3H3,(H,22,23)/t12-/m0/s1. The van der Waals surface area contributed by atoms with Gasteiger partial charge in [-0.05, 0) is 48.9 Å². The molecule has 1 N–H and O–H groups in total. The fourth-order valence-corrected chi connectivity index (χ4v) is 2.43. The molecule has 1 amide bonds. The van der Waals surface area contributed by atoms with Gasteiger partial charge in [-0.1, -0.05) is 6.07 Å². The summed E-state index contributed by atoms with van der Waals surface area (Å²) < 4.78 is 23.6. The van der Waals surface area contributed by atoms with Crippen LogP contribution in [0.2, 0.25) is 0 Å². The van der Waals surface area contributed by atoms with E-state index in [1.807, 2.05) is 0 Å². The maximum atomic E-state index is 13.7. The first-order valence-electron chi connectivity index (χ1n) is 8.24. The van der Waals surface area contributed by atoms with E-state index in [2.05, 4.69) is 5.32 Å². The molecule has 27 heavy (non-hydrogen) atoms. The molecule has 142 valence electrons. The molecule has 0 fully saturated rings. The van der Waals surface area contributed by atoms with Gasteiger partial charge in [-0.2, -0.15) is 0 Å². The first kappa shape index (κ1) is 20.1. The molecule has 1 atom stereocenters. The number of anilines is 1. The number of rotatable bonds is 7. The fourth-order valence-electron chi connectivity index (χ4n) is 2.43. The van der Waals surface area contributed by atoms with Gasteiger partial charge in [0.2, 0.25) is 11.7 Å². The summed E-state index contributed by atoms with van der Waals surface area (Å²) in [7, 11) is 1.35. The molecule has 0 bridgehead atoms. The SMILES string of the molecule is COc1ccc(CC(=O)O[C@@H](C)C(=O)c2ccc(NC(C)=O)cc2)cc1F. The van der Waals surface area contributed by atoms with Crippen LogP contribution < -0.4 is 10.1 Å². The lowest BCUT2D eigenvalue weighted by atomic mass is 10.1. The van der Waals surface area contributed by atoms with Crippen LogP contribution in [0.25, 0.3) is 0 Å². The average Bonchev–Trinajstić information content (AvgIpc) is 2.61. The van der Waals surface area contributed by atoms with Crippen molar-refractivity contribution in [2.75, 3.05) is 12.4 Å². The van der Waals surface area contributed by atoms with Gasteiger partial charge in [0.15, 0.2) is 17.7 Å². The number of nitrogens with one attached hydrogen (secondary N) is 1. The number of halogens is 1. The summed E-state index contributed by atoms with van der Waals surface area (Å²) >= 11 is 0. The number of carbonyl (C=O) groups is 3. The molecule has 0 saturated carbocycles. The summed E-state index contributed by atoms with van der Waals surface area (Å²) in [6, 6.07) is 10.4. The van der Waals surface area contributed by atoms with Crippen molar-refractivity contribution in [3.05, 3.63) is 59.4 Å². The second-order valence-electron chi connectivity index (χ2n) is 5.90. The van der Waals surface area contributed by atoms with Crippen LogP contribution in [0.5, 0.6) is 5.75 Å². The van der Waals surface area contributed by atoms with Crippen molar-refractivity contribution < 1.29 is 28.2 Å². The van der Waals surface area contributed by atoms with Crippen LogP contribution in [-0.4, -0.2) is 30.9 Å². The van der Waals surface area contributed by atoms with Gasteiger partial charge in [-0.3, -0.25) is 14.4 Å². The van der Waals surface area contributed by atoms with Crippen LogP contribution in [0.3, 0.4) is 0 Å². The van der Waals surface area contributed by atoms with Crippen molar-refractivity contribution in [2.24, 2.45) is 0 Å². The van der Waals surface area contributed by atoms with Gasteiger partial charge in [0.1, 0.15) is 0 Å². The molecule has 0 aromatic heterocycles. The molecule has 0 aliphatic carbocycles. The lowest BCUT2D eigenvalue weighted by molar-refractivity contribution is -0.145. The quantitative estimate of drug-likeness (QED) is 0.596. The Balaban J connectivity index is 1.96. The van der Waals surface area contributed by atoms with E-state index in [1.54, 1.807) is 18.2 Å². The Morgan fingerprint density at radius 3 is 2.33 bits per heavy atom. The number of amides is 1. The fraction of sp³-hybridized carbons (Fsp3) is 0.250. The van der Waals surface area contributed by atoms with Gasteiger partial charge in [0.25, 0.3) is 0 Å². The van der Waals surface area contributed by atoms with Crippen molar-refractivity contribution in [2.45, 2.75) is 26.4 Å². The normalized spacial score (nSPS) is 11.4. The molecule has 0 saturated heterocycles. The molecule has 0 radical (unpaired) electrons. The molecule has 0 aliphatic heterocycles. The third-order valence-corrected chi connectivity index (χ3v) is 3.73. The number of ether oxygens (including phenoxy) is 2. The molecule has 7 heteroatoms. The minimum Gasteiger partial charge on any atom is -0.494 e. The van der Waals surface area contributed by atoms with Crippen LogP contribution in [0.4, 0.5) is 10.1 Å². The third kappa shape index (κ3) is 5.64. The summed E-state index contributed by atoms with van der Waals surface area (Å²) in [5.74, 6) is -1.73. The molecule has 0 spiro atoms. The molecule has 2 aromatic carbocycles. The summed E-state index contributed by atoms with van der Waals surface area (Å²) in [6.07, 6.45) is -1.16. The van der Waals surface area contributed by atoms with Gasteiger partial charge < -0.3 is 14.8 Å². The van der Waals surface area contributed by atoms with E-state index in [9.17, 15) is 18.8 Å². The van der Waals surface area contributed by atoms with Crippen molar-refractivity contribution in [3.8, 4) is 5.75 Å². The molecule has 6 nitrogen and oxygen atoms in total. The second-order valence-corrected chi connectivity index (χ2v) is 5.90. The van der Waals surface area contributed by atoms with Crippen LogP contribution in [0, 0.1) is 5.82 Å².